The number of aromatic amines is 1. The van der Waals surface area contributed by atoms with Gasteiger partial charge in [-0.2, -0.15) is 5.10 Å². The molecule has 0 spiro atoms. The van der Waals surface area contributed by atoms with Gasteiger partial charge in [-0.1, -0.05) is 6.07 Å². The van der Waals surface area contributed by atoms with Crippen molar-refractivity contribution in [2.75, 3.05) is 13.1 Å². The first kappa shape index (κ1) is 10.5. The molecule has 3 heterocycles. The van der Waals surface area contributed by atoms with Gasteiger partial charge >= 0.3 is 0 Å². The summed E-state index contributed by atoms with van der Waals surface area (Å²) in [7, 11) is 0. The highest BCUT2D eigenvalue weighted by atomic mass is 15.1. The van der Waals surface area contributed by atoms with Gasteiger partial charge < -0.3 is 5.32 Å². The third kappa shape index (κ3) is 2.22. The SMILES string of the molecule is c1ccc(-c2cc([C@H]3CCCNC3)[nH]n2)nc1. The Labute approximate surface area is 100 Å². The first-order valence-corrected chi connectivity index (χ1v) is 6.11. The molecule has 2 N–H and O–H groups in total. The van der Waals surface area contributed by atoms with E-state index < -0.39 is 0 Å². The number of hydrogen-bond donors (Lipinski definition) is 2. The Bertz CT molecular complexity index is 471. The molecule has 0 saturated carbocycles. The summed E-state index contributed by atoms with van der Waals surface area (Å²) in [5.74, 6) is 0.564. The molecular formula is C13H16N4. The van der Waals surface area contributed by atoms with Crippen LogP contribution >= 0.6 is 0 Å². The van der Waals surface area contributed by atoms with Crippen LogP contribution < -0.4 is 5.32 Å². The van der Waals surface area contributed by atoms with Gasteiger partial charge in [0.2, 0.25) is 0 Å². The number of H-pyrrole nitrogens is 1. The largest absolute Gasteiger partial charge is 0.316 e. The average Bonchev–Trinajstić information content (AvgIpc) is 2.90. The van der Waals surface area contributed by atoms with Crippen LogP contribution in [0.5, 0.6) is 0 Å². The molecule has 88 valence electrons. The third-order valence-corrected chi connectivity index (χ3v) is 3.26. The highest BCUT2D eigenvalue weighted by molar-refractivity contribution is 5.53. The summed E-state index contributed by atoms with van der Waals surface area (Å²) in [4.78, 5) is 4.31. The smallest absolute Gasteiger partial charge is 0.111 e. The molecule has 17 heavy (non-hydrogen) atoms. The molecule has 0 aromatic carbocycles. The molecule has 0 amide bonds. The minimum absolute atomic E-state index is 0.564. The lowest BCUT2D eigenvalue weighted by Crippen LogP contribution is -2.28. The maximum atomic E-state index is 4.35. The van der Waals surface area contributed by atoms with E-state index in [9.17, 15) is 0 Å². The Morgan fingerprint density at radius 3 is 3.00 bits per heavy atom. The maximum absolute atomic E-state index is 4.35. The summed E-state index contributed by atoms with van der Waals surface area (Å²) >= 11 is 0. The fraction of sp³-hybridized carbons (Fsp3) is 0.385. The van der Waals surface area contributed by atoms with Gasteiger partial charge in [0.25, 0.3) is 0 Å². The molecule has 0 unspecified atom stereocenters. The molecule has 2 aromatic rings. The summed E-state index contributed by atoms with van der Waals surface area (Å²) in [6.45, 7) is 2.18. The summed E-state index contributed by atoms with van der Waals surface area (Å²) in [6, 6.07) is 8.01. The molecule has 0 bridgehead atoms. The number of aromatic nitrogens is 3. The van der Waals surface area contributed by atoms with Crippen molar-refractivity contribution >= 4 is 0 Å². The van der Waals surface area contributed by atoms with E-state index in [-0.39, 0.29) is 0 Å². The number of pyridine rings is 1. The van der Waals surface area contributed by atoms with Gasteiger partial charge in [0, 0.05) is 24.4 Å². The van der Waals surface area contributed by atoms with Crippen LogP contribution in [0.3, 0.4) is 0 Å². The monoisotopic (exact) mass is 228 g/mol. The van der Waals surface area contributed by atoms with Crippen LogP contribution in [0, 0.1) is 0 Å². The van der Waals surface area contributed by atoms with E-state index in [1.165, 1.54) is 18.5 Å². The average molecular weight is 228 g/mol. The normalized spacial score (nSPS) is 20.4. The number of hydrogen-bond acceptors (Lipinski definition) is 3. The molecule has 1 fully saturated rings. The Morgan fingerprint density at radius 2 is 2.24 bits per heavy atom. The zero-order valence-electron chi connectivity index (χ0n) is 9.69. The zero-order chi connectivity index (χ0) is 11.5. The van der Waals surface area contributed by atoms with Gasteiger partial charge in [0.15, 0.2) is 0 Å². The Kier molecular flexibility index (Phi) is 2.88. The van der Waals surface area contributed by atoms with E-state index in [0.29, 0.717) is 5.92 Å². The van der Waals surface area contributed by atoms with E-state index in [1.807, 2.05) is 18.2 Å². The van der Waals surface area contributed by atoms with Crippen LogP contribution in [-0.4, -0.2) is 28.3 Å². The number of nitrogens with zero attached hydrogens (tertiary/aromatic N) is 2. The predicted molar refractivity (Wildman–Crippen MR) is 66.7 cm³/mol. The molecule has 1 aliphatic rings. The van der Waals surface area contributed by atoms with E-state index in [1.54, 1.807) is 6.20 Å². The van der Waals surface area contributed by atoms with Crippen LogP contribution in [0.2, 0.25) is 0 Å². The van der Waals surface area contributed by atoms with Crippen LogP contribution in [0.1, 0.15) is 24.5 Å². The summed E-state index contributed by atoms with van der Waals surface area (Å²) in [5, 5.41) is 10.9. The van der Waals surface area contributed by atoms with Crippen molar-refractivity contribution in [2.45, 2.75) is 18.8 Å². The minimum atomic E-state index is 0.564. The quantitative estimate of drug-likeness (QED) is 0.826. The topological polar surface area (TPSA) is 53.6 Å². The van der Waals surface area contributed by atoms with Crippen LogP contribution in [0.25, 0.3) is 11.4 Å². The van der Waals surface area contributed by atoms with Crippen LogP contribution in [-0.2, 0) is 0 Å². The number of rotatable bonds is 2. The maximum Gasteiger partial charge on any atom is 0.111 e. The van der Waals surface area contributed by atoms with E-state index >= 15 is 0 Å². The van der Waals surface area contributed by atoms with E-state index in [2.05, 4.69) is 26.6 Å². The lowest BCUT2D eigenvalue weighted by Gasteiger charge is -2.21. The molecule has 2 aromatic heterocycles. The van der Waals surface area contributed by atoms with Crippen molar-refractivity contribution < 1.29 is 0 Å². The summed E-state index contributed by atoms with van der Waals surface area (Å²) < 4.78 is 0. The predicted octanol–water partition coefficient (Wildman–Crippen LogP) is 1.94. The van der Waals surface area contributed by atoms with Gasteiger partial charge in [-0.05, 0) is 37.6 Å². The van der Waals surface area contributed by atoms with Crippen LogP contribution in [0.15, 0.2) is 30.5 Å². The van der Waals surface area contributed by atoms with Crippen molar-refractivity contribution in [3.63, 3.8) is 0 Å². The van der Waals surface area contributed by atoms with Crippen molar-refractivity contribution in [3.05, 3.63) is 36.2 Å². The number of piperidine rings is 1. The first-order chi connectivity index (χ1) is 8.43. The summed E-state index contributed by atoms with van der Waals surface area (Å²) in [5.41, 5.74) is 3.09. The Balaban J connectivity index is 1.83. The van der Waals surface area contributed by atoms with Crippen molar-refractivity contribution in [3.8, 4) is 11.4 Å². The first-order valence-electron chi connectivity index (χ1n) is 6.11. The minimum Gasteiger partial charge on any atom is -0.316 e. The van der Waals surface area contributed by atoms with Gasteiger partial charge in [0.1, 0.15) is 5.69 Å². The lowest BCUT2D eigenvalue weighted by atomic mass is 9.96. The van der Waals surface area contributed by atoms with Gasteiger partial charge in [-0.25, -0.2) is 0 Å². The molecule has 1 saturated heterocycles. The second kappa shape index (κ2) is 4.67. The molecule has 0 radical (unpaired) electrons. The second-order valence-corrected chi connectivity index (χ2v) is 4.47. The Morgan fingerprint density at radius 1 is 1.24 bits per heavy atom. The molecule has 1 aliphatic heterocycles. The highest BCUT2D eigenvalue weighted by Gasteiger charge is 2.17. The second-order valence-electron chi connectivity index (χ2n) is 4.47. The zero-order valence-corrected chi connectivity index (χ0v) is 9.69. The molecule has 3 rings (SSSR count). The lowest BCUT2D eigenvalue weighted by molar-refractivity contribution is 0.454. The number of nitrogens with one attached hydrogen (secondary N) is 2. The van der Waals surface area contributed by atoms with Gasteiger partial charge in [-0.15, -0.1) is 0 Å². The fourth-order valence-electron chi connectivity index (χ4n) is 2.31. The van der Waals surface area contributed by atoms with E-state index in [4.69, 9.17) is 0 Å². The van der Waals surface area contributed by atoms with Gasteiger partial charge in [0.05, 0.1) is 5.69 Å². The Hall–Kier alpha value is -1.68. The van der Waals surface area contributed by atoms with Crippen molar-refractivity contribution in [1.82, 2.24) is 20.5 Å². The molecule has 4 heteroatoms. The van der Waals surface area contributed by atoms with Crippen molar-refractivity contribution in [2.24, 2.45) is 0 Å². The molecule has 4 nitrogen and oxygen atoms in total. The van der Waals surface area contributed by atoms with Crippen LogP contribution in [0.4, 0.5) is 0 Å². The fourth-order valence-corrected chi connectivity index (χ4v) is 2.31. The molecule has 1 atom stereocenters. The molecule has 0 aliphatic carbocycles. The third-order valence-electron chi connectivity index (χ3n) is 3.26. The molecular weight excluding hydrogens is 212 g/mol. The van der Waals surface area contributed by atoms with Crippen molar-refractivity contribution in [1.29, 1.82) is 0 Å². The van der Waals surface area contributed by atoms with Gasteiger partial charge in [-0.3, -0.25) is 10.1 Å². The standard InChI is InChI=1S/C13H16N4/c1-2-7-15-11(5-1)13-8-12(16-17-13)10-4-3-6-14-9-10/h1-2,5,7-8,10,14H,3-4,6,9H2,(H,16,17)/t10-/m0/s1. The summed E-state index contributed by atoms with van der Waals surface area (Å²) in [6.07, 6.45) is 4.27. The van der Waals surface area contributed by atoms with E-state index in [0.717, 1.165) is 24.5 Å². The highest BCUT2D eigenvalue weighted by Crippen LogP contribution is 2.24.